The number of rotatable bonds is 3. The van der Waals surface area contributed by atoms with Crippen LogP contribution in [-0.2, 0) is 9.53 Å². The first-order chi connectivity index (χ1) is 5.97. The van der Waals surface area contributed by atoms with Crippen molar-refractivity contribution in [3.8, 4) is 0 Å². The second kappa shape index (κ2) is 9.42. The van der Waals surface area contributed by atoms with Gasteiger partial charge in [-0.1, -0.05) is 6.08 Å². The molecule has 0 bridgehead atoms. The third kappa shape index (κ3) is 24.6. The number of hydrogen-bond acceptors (Lipinski definition) is 3. The molecule has 0 atom stereocenters. The van der Waals surface area contributed by atoms with E-state index in [4.69, 9.17) is 4.74 Å². The zero-order valence-corrected chi connectivity index (χ0v) is 9.26. The highest BCUT2D eigenvalue weighted by Crippen LogP contribution is 2.02. The first-order valence-corrected chi connectivity index (χ1v) is 4.28. The monoisotopic (exact) mass is 187 g/mol. The minimum Gasteiger partial charge on any atom is -0.379 e. The van der Waals surface area contributed by atoms with Crippen LogP contribution >= 0.6 is 0 Å². The molecule has 0 spiro atoms. The number of likely N-dealkylation sites (N-methyl/N-ethyl adjacent to an activating group) is 1. The van der Waals surface area contributed by atoms with E-state index in [2.05, 4.69) is 5.32 Å². The average molecular weight is 187 g/mol. The third-order valence-corrected chi connectivity index (χ3v) is 1.15. The predicted molar refractivity (Wildman–Crippen MR) is 55.9 cm³/mol. The van der Waals surface area contributed by atoms with Gasteiger partial charge in [-0.15, -0.1) is 0 Å². The minimum atomic E-state index is 0.0417. The first-order valence-electron chi connectivity index (χ1n) is 4.28. The zero-order valence-electron chi connectivity index (χ0n) is 9.26. The summed E-state index contributed by atoms with van der Waals surface area (Å²) in [6.07, 6.45) is 3.99. The van der Waals surface area contributed by atoms with Gasteiger partial charge in [0, 0.05) is 13.7 Å². The van der Waals surface area contributed by atoms with Crippen LogP contribution in [0.3, 0.4) is 0 Å². The quantitative estimate of drug-likeness (QED) is 0.536. The highest BCUT2D eigenvalue weighted by Gasteiger charge is 2.03. The molecule has 0 saturated heterocycles. The summed E-state index contributed by atoms with van der Waals surface area (Å²) in [5.74, 6) is 0. The maximum absolute atomic E-state index is 9.57. The van der Waals surface area contributed by atoms with Gasteiger partial charge in [0.2, 0.25) is 0 Å². The number of carbonyl (C=O) groups excluding carboxylic acids is 1. The average Bonchev–Trinajstić information content (AvgIpc) is 2.06. The van der Waals surface area contributed by atoms with E-state index in [0.717, 1.165) is 12.8 Å². The molecule has 0 aliphatic heterocycles. The predicted octanol–water partition coefficient (Wildman–Crippen LogP) is 1.39. The fourth-order valence-corrected chi connectivity index (χ4v) is 0.241. The Morgan fingerprint density at radius 1 is 1.38 bits per heavy atom. The molecule has 3 nitrogen and oxygen atoms in total. The highest BCUT2D eigenvalue weighted by atomic mass is 16.5. The molecule has 0 radical (unpaired) electrons. The van der Waals surface area contributed by atoms with Gasteiger partial charge in [0.1, 0.15) is 6.29 Å². The Morgan fingerprint density at radius 3 is 2.08 bits per heavy atom. The van der Waals surface area contributed by atoms with E-state index in [1.54, 1.807) is 13.2 Å². The van der Waals surface area contributed by atoms with Gasteiger partial charge in [-0.25, -0.2) is 0 Å². The Bertz CT molecular complexity index is 136. The molecule has 0 aliphatic rings. The van der Waals surface area contributed by atoms with Crippen LogP contribution in [0.2, 0.25) is 0 Å². The van der Waals surface area contributed by atoms with E-state index in [0.29, 0.717) is 0 Å². The maximum Gasteiger partial charge on any atom is 0.142 e. The van der Waals surface area contributed by atoms with Crippen LogP contribution in [0.15, 0.2) is 12.2 Å². The summed E-state index contributed by atoms with van der Waals surface area (Å²) in [6, 6.07) is 0. The normalized spacial score (nSPS) is 10.8. The SMILES string of the molecule is CNC/C=C/C=O.COC(C)(C)C. The molecule has 0 aliphatic carbocycles. The lowest BCUT2D eigenvalue weighted by Gasteiger charge is -2.14. The molecule has 0 aromatic carbocycles. The van der Waals surface area contributed by atoms with Gasteiger partial charge in [0.05, 0.1) is 5.60 Å². The van der Waals surface area contributed by atoms with Crippen molar-refractivity contribution >= 4 is 6.29 Å². The highest BCUT2D eigenvalue weighted by molar-refractivity contribution is 5.64. The standard InChI is InChI=1S/C5H9NO.C5H12O/c1-6-4-2-3-5-7;1-5(2,3)6-4/h2-3,5-6H,4H2,1H3;1-4H3/b3-2+;. The lowest BCUT2D eigenvalue weighted by Crippen LogP contribution is -2.15. The van der Waals surface area contributed by atoms with E-state index < -0.39 is 0 Å². The molecular weight excluding hydrogens is 166 g/mol. The number of hydrogen-bond donors (Lipinski definition) is 1. The van der Waals surface area contributed by atoms with E-state index in [1.165, 1.54) is 6.08 Å². The number of methoxy groups -OCH3 is 1. The molecule has 78 valence electrons. The van der Waals surface area contributed by atoms with Gasteiger partial charge in [-0.2, -0.15) is 0 Å². The summed E-state index contributed by atoms with van der Waals surface area (Å²) in [4.78, 5) is 9.57. The van der Waals surface area contributed by atoms with Crippen LogP contribution in [0.1, 0.15) is 20.8 Å². The molecule has 13 heavy (non-hydrogen) atoms. The van der Waals surface area contributed by atoms with Crippen LogP contribution in [-0.4, -0.2) is 32.6 Å². The van der Waals surface area contributed by atoms with Gasteiger partial charge in [-0.3, -0.25) is 4.79 Å². The Hall–Kier alpha value is -0.670. The minimum absolute atomic E-state index is 0.0417. The Kier molecular flexibility index (Phi) is 10.7. The van der Waals surface area contributed by atoms with E-state index in [9.17, 15) is 4.79 Å². The molecule has 0 fully saturated rings. The number of allylic oxidation sites excluding steroid dienone is 1. The van der Waals surface area contributed by atoms with Gasteiger partial charge >= 0.3 is 0 Å². The lowest BCUT2D eigenvalue weighted by molar-refractivity contribution is -0.104. The van der Waals surface area contributed by atoms with Crippen LogP contribution in [0.25, 0.3) is 0 Å². The fourth-order valence-electron chi connectivity index (χ4n) is 0.241. The van der Waals surface area contributed by atoms with Crippen molar-refractivity contribution in [1.29, 1.82) is 0 Å². The van der Waals surface area contributed by atoms with Crippen molar-refractivity contribution < 1.29 is 9.53 Å². The molecule has 0 heterocycles. The largest absolute Gasteiger partial charge is 0.379 e. The van der Waals surface area contributed by atoms with Crippen molar-refractivity contribution in [1.82, 2.24) is 5.32 Å². The van der Waals surface area contributed by atoms with E-state index in [-0.39, 0.29) is 5.60 Å². The van der Waals surface area contributed by atoms with Gasteiger partial charge in [0.15, 0.2) is 0 Å². The fraction of sp³-hybridized carbons (Fsp3) is 0.700. The third-order valence-electron chi connectivity index (χ3n) is 1.15. The Morgan fingerprint density at radius 2 is 1.85 bits per heavy atom. The summed E-state index contributed by atoms with van der Waals surface area (Å²) in [7, 11) is 3.54. The molecular formula is C10H21NO2. The maximum atomic E-state index is 9.57. The molecule has 3 heteroatoms. The van der Waals surface area contributed by atoms with Crippen LogP contribution < -0.4 is 5.32 Å². The van der Waals surface area contributed by atoms with Crippen molar-refractivity contribution in [2.24, 2.45) is 0 Å². The second-order valence-corrected chi connectivity index (χ2v) is 3.44. The number of aldehydes is 1. The second-order valence-electron chi connectivity index (χ2n) is 3.44. The summed E-state index contributed by atoms with van der Waals surface area (Å²) in [6.45, 7) is 6.83. The summed E-state index contributed by atoms with van der Waals surface area (Å²) < 4.78 is 4.94. The van der Waals surface area contributed by atoms with Crippen LogP contribution in [0.4, 0.5) is 0 Å². The van der Waals surface area contributed by atoms with Gasteiger partial charge in [-0.05, 0) is 33.9 Å². The lowest BCUT2D eigenvalue weighted by atomic mass is 10.2. The van der Waals surface area contributed by atoms with Gasteiger partial charge in [0.25, 0.3) is 0 Å². The summed E-state index contributed by atoms with van der Waals surface area (Å²) in [5, 5.41) is 2.86. The first kappa shape index (κ1) is 14.8. The Balaban J connectivity index is 0. The number of nitrogens with one attached hydrogen (secondary N) is 1. The van der Waals surface area contributed by atoms with Gasteiger partial charge < -0.3 is 10.1 Å². The molecule has 0 aromatic heterocycles. The van der Waals surface area contributed by atoms with E-state index in [1.807, 2.05) is 27.8 Å². The van der Waals surface area contributed by atoms with Crippen molar-refractivity contribution in [2.75, 3.05) is 20.7 Å². The molecule has 0 amide bonds. The summed E-state index contributed by atoms with van der Waals surface area (Å²) >= 11 is 0. The van der Waals surface area contributed by atoms with Crippen LogP contribution in [0, 0.1) is 0 Å². The molecule has 0 aromatic rings. The topological polar surface area (TPSA) is 38.3 Å². The van der Waals surface area contributed by atoms with Crippen molar-refractivity contribution in [2.45, 2.75) is 26.4 Å². The zero-order chi connectivity index (χ0) is 10.7. The van der Waals surface area contributed by atoms with Crippen molar-refractivity contribution in [3.05, 3.63) is 12.2 Å². The Labute approximate surface area is 81.2 Å². The summed E-state index contributed by atoms with van der Waals surface area (Å²) in [5.41, 5.74) is 0.0417. The molecule has 1 N–H and O–H groups in total. The van der Waals surface area contributed by atoms with E-state index >= 15 is 0 Å². The molecule has 0 saturated carbocycles. The van der Waals surface area contributed by atoms with Crippen molar-refractivity contribution in [3.63, 3.8) is 0 Å². The number of carbonyl (C=O) groups is 1. The molecule has 0 rings (SSSR count). The number of ether oxygens (including phenoxy) is 1. The smallest absolute Gasteiger partial charge is 0.142 e. The molecule has 0 unspecified atom stereocenters. The van der Waals surface area contributed by atoms with Crippen LogP contribution in [0.5, 0.6) is 0 Å².